The van der Waals surface area contributed by atoms with Gasteiger partial charge >= 0.3 is 0 Å². The number of rotatable bonds is 3. The van der Waals surface area contributed by atoms with E-state index in [4.69, 9.17) is 22.7 Å². The molecule has 2 heterocycles. The van der Waals surface area contributed by atoms with Gasteiger partial charge in [-0.15, -0.1) is 12.4 Å². The van der Waals surface area contributed by atoms with Gasteiger partial charge in [-0.1, -0.05) is 0 Å². The molecule has 120 valence electrons. The highest BCUT2D eigenvalue weighted by molar-refractivity contribution is 7.71. The SMILES string of the molecule is Cl.NCCc1c[nH]c(=S)n1[C@H]1COc2cc(F)c(F)cc2C1. The summed E-state index contributed by atoms with van der Waals surface area (Å²) in [6, 6.07) is 2.23. The lowest BCUT2D eigenvalue weighted by atomic mass is 10.0. The number of hydrogen-bond acceptors (Lipinski definition) is 3. The van der Waals surface area contributed by atoms with E-state index >= 15 is 0 Å². The number of nitrogens with two attached hydrogens (primary N) is 1. The number of aromatic amines is 1. The molecule has 1 aromatic carbocycles. The van der Waals surface area contributed by atoms with Crippen LogP contribution in [0.25, 0.3) is 0 Å². The number of ether oxygens (including phenoxy) is 1. The fourth-order valence-electron chi connectivity index (χ4n) is 2.68. The van der Waals surface area contributed by atoms with E-state index in [1.165, 1.54) is 6.07 Å². The summed E-state index contributed by atoms with van der Waals surface area (Å²) in [5, 5.41) is 0. The first-order valence-electron chi connectivity index (χ1n) is 6.69. The zero-order valence-corrected chi connectivity index (χ0v) is 13.3. The molecule has 8 heteroatoms. The second kappa shape index (κ2) is 6.76. The predicted octanol–water partition coefficient (Wildman–Crippen LogP) is 2.92. The summed E-state index contributed by atoms with van der Waals surface area (Å²) >= 11 is 5.29. The van der Waals surface area contributed by atoms with E-state index < -0.39 is 11.6 Å². The lowest BCUT2D eigenvalue weighted by Crippen LogP contribution is -2.26. The monoisotopic (exact) mass is 347 g/mol. The minimum absolute atomic E-state index is 0. The van der Waals surface area contributed by atoms with Crippen LogP contribution in [0.15, 0.2) is 18.3 Å². The van der Waals surface area contributed by atoms with Crippen molar-refractivity contribution < 1.29 is 13.5 Å². The molecule has 0 fully saturated rings. The topological polar surface area (TPSA) is 56.0 Å². The van der Waals surface area contributed by atoms with Gasteiger partial charge in [0.25, 0.3) is 0 Å². The Bertz CT molecular complexity index is 731. The van der Waals surface area contributed by atoms with Gasteiger partial charge in [-0.25, -0.2) is 8.78 Å². The molecule has 0 saturated heterocycles. The van der Waals surface area contributed by atoms with Gasteiger partial charge in [-0.05, 0) is 30.4 Å². The number of benzene rings is 1. The smallest absolute Gasteiger partial charge is 0.177 e. The Morgan fingerprint density at radius 1 is 1.36 bits per heavy atom. The number of imidazole rings is 1. The summed E-state index contributed by atoms with van der Waals surface area (Å²) in [6.07, 6.45) is 3.06. The molecule has 1 aliphatic rings. The number of H-pyrrole nitrogens is 1. The number of nitrogens with one attached hydrogen (secondary N) is 1. The predicted molar refractivity (Wildman–Crippen MR) is 84.2 cm³/mol. The Labute approximate surface area is 137 Å². The van der Waals surface area contributed by atoms with E-state index in [0.29, 0.717) is 42.1 Å². The highest BCUT2D eigenvalue weighted by Gasteiger charge is 2.25. The number of fused-ring (bicyclic) bond motifs is 1. The minimum Gasteiger partial charge on any atom is -0.491 e. The number of halogens is 3. The Balaban J connectivity index is 0.00000176. The lowest BCUT2D eigenvalue weighted by molar-refractivity contribution is 0.218. The van der Waals surface area contributed by atoms with Crippen LogP contribution in [-0.2, 0) is 12.8 Å². The van der Waals surface area contributed by atoms with Gasteiger partial charge in [0.2, 0.25) is 0 Å². The van der Waals surface area contributed by atoms with Gasteiger partial charge < -0.3 is 20.0 Å². The first-order valence-corrected chi connectivity index (χ1v) is 7.10. The Hall–Kier alpha value is -1.44. The second-order valence-corrected chi connectivity index (χ2v) is 5.42. The van der Waals surface area contributed by atoms with E-state index in [2.05, 4.69) is 4.98 Å². The van der Waals surface area contributed by atoms with Gasteiger partial charge in [0.1, 0.15) is 12.4 Å². The zero-order valence-electron chi connectivity index (χ0n) is 11.6. The van der Waals surface area contributed by atoms with Crippen LogP contribution < -0.4 is 10.5 Å². The van der Waals surface area contributed by atoms with E-state index in [1.54, 1.807) is 0 Å². The molecule has 0 spiro atoms. The summed E-state index contributed by atoms with van der Waals surface area (Å²) in [5.74, 6) is -1.36. The standard InChI is InChI=1S/C14H15F2N3OS.ClH/c15-11-4-8-3-10(7-20-13(8)5-12(11)16)19-9(1-2-17)6-18-14(19)21;/h4-6,10H,1-3,7,17H2,(H,18,21);1H/t10-;/m1./s1. The van der Waals surface area contributed by atoms with Crippen LogP contribution in [0.1, 0.15) is 17.3 Å². The van der Waals surface area contributed by atoms with Crippen LogP contribution in [0.3, 0.4) is 0 Å². The van der Waals surface area contributed by atoms with Crippen molar-refractivity contribution in [2.24, 2.45) is 5.73 Å². The quantitative estimate of drug-likeness (QED) is 0.839. The van der Waals surface area contributed by atoms with Crippen molar-refractivity contribution in [1.29, 1.82) is 0 Å². The van der Waals surface area contributed by atoms with Crippen molar-refractivity contribution >= 4 is 24.6 Å². The van der Waals surface area contributed by atoms with E-state index in [1.807, 2.05) is 10.8 Å². The van der Waals surface area contributed by atoms with Gasteiger partial charge in [-0.3, -0.25) is 0 Å². The highest BCUT2D eigenvalue weighted by Crippen LogP contribution is 2.32. The molecule has 1 aromatic heterocycles. The molecule has 4 nitrogen and oxygen atoms in total. The van der Waals surface area contributed by atoms with Gasteiger partial charge in [0, 0.05) is 30.8 Å². The van der Waals surface area contributed by atoms with Gasteiger partial charge in [0.15, 0.2) is 16.4 Å². The third kappa shape index (κ3) is 3.02. The van der Waals surface area contributed by atoms with E-state index in [9.17, 15) is 8.78 Å². The maximum absolute atomic E-state index is 13.4. The van der Waals surface area contributed by atoms with Crippen LogP contribution in [0.2, 0.25) is 0 Å². The molecule has 0 amide bonds. The number of nitrogens with zero attached hydrogens (tertiary/aromatic N) is 1. The molecular weight excluding hydrogens is 332 g/mol. The lowest BCUT2D eigenvalue weighted by Gasteiger charge is -2.27. The molecule has 3 rings (SSSR count). The summed E-state index contributed by atoms with van der Waals surface area (Å²) < 4.78 is 34.7. The van der Waals surface area contributed by atoms with E-state index in [-0.39, 0.29) is 18.4 Å². The van der Waals surface area contributed by atoms with Crippen LogP contribution in [0, 0.1) is 16.4 Å². The first-order chi connectivity index (χ1) is 10.1. The Morgan fingerprint density at radius 3 is 2.82 bits per heavy atom. The van der Waals surface area contributed by atoms with Crippen molar-refractivity contribution in [2.75, 3.05) is 13.2 Å². The molecule has 3 N–H and O–H groups in total. The van der Waals surface area contributed by atoms with Crippen molar-refractivity contribution in [1.82, 2.24) is 9.55 Å². The Kier molecular flexibility index (Phi) is 5.20. The van der Waals surface area contributed by atoms with Crippen LogP contribution in [0.4, 0.5) is 8.78 Å². The highest BCUT2D eigenvalue weighted by atomic mass is 35.5. The fraction of sp³-hybridized carbons (Fsp3) is 0.357. The first kappa shape index (κ1) is 16.9. The van der Waals surface area contributed by atoms with Crippen molar-refractivity contribution in [2.45, 2.75) is 18.9 Å². The third-order valence-electron chi connectivity index (χ3n) is 3.65. The average Bonchev–Trinajstić information content (AvgIpc) is 2.81. The fourth-order valence-corrected chi connectivity index (χ4v) is 3.01. The molecule has 1 atom stereocenters. The van der Waals surface area contributed by atoms with Gasteiger partial charge in [0.05, 0.1) is 6.04 Å². The summed E-state index contributed by atoms with van der Waals surface area (Å²) in [7, 11) is 0. The van der Waals surface area contributed by atoms with Crippen molar-refractivity contribution in [3.63, 3.8) is 0 Å². The summed E-state index contributed by atoms with van der Waals surface area (Å²) in [5.41, 5.74) is 7.23. The number of hydrogen-bond donors (Lipinski definition) is 2. The molecular formula is C14H16ClF2N3OS. The molecule has 0 bridgehead atoms. The molecule has 0 unspecified atom stereocenters. The zero-order chi connectivity index (χ0) is 15.0. The molecule has 1 aliphatic heterocycles. The summed E-state index contributed by atoms with van der Waals surface area (Å²) in [4.78, 5) is 3.00. The third-order valence-corrected chi connectivity index (χ3v) is 3.96. The normalized spacial score (nSPS) is 16.6. The molecule has 0 saturated carbocycles. The van der Waals surface area contributed by atoms with Crippen LogP contribution in [-0.4, -0.2) is 22.7 Å². The Morgan fingerprint density at radius 2 is 2.09 bits per heavy atom. The average molecular weight is 348 g/mol. The minimum atomic E-state index is -0.894. The van der Waals surface area contributed by atoms with Crippen LogP contribution >= 0.6 is 24.6 Å². The second-order valence-electron chi connectivity index (χ2n) is 5.04. The molecule has 22 heavy (non-hydrogen) atoms. The molecule has 0 radical (unpaired) electrons. The molecule has 0 aliphatic carbocycles. The van der Waals surface area contributed by atoms with Crippen LogP contribution in [0.5, 0.6) is 5.75 Å². The maximum atomic E-state index is 13.4. The van der Waals surface area contributed by atoms with Crippen molar-refractivity contribution in [3.05, 3.63) is 46.0 Å². The largest absolute Gasteiger partial charge is 0.491 e. The summed E-state index contributed by atoms with van der Waals surface area (Å²) in [6.45, 7) is 0.873. The van der Waals surface area contributed by atoms with E-state index in [0.717, 1.165) is 11.8 Å². The number of aromatic nitrogens is 2. The maximum Gasteiger partial charge on any atom is 0.177 e. The van der Waals surface area contributed by atoms with Crippen molar-refractivity contribution in [3.8, 4) is 5.75 Å². The van der Waals surface area contributed by atoms with Gasteiger partial charge in [-0.2, -0.15) is 0 Å². The molecule has 2 aromatic rings.